The maximum atomic E-state index is 11.5. The van der Waals surface area contributed by atoms with Gasteiger partial charge in [-0.05, 0) is 39.6 Å². The first kappa shape index (κ1) is 10.4. The zero-order valence-corrected chi connectivity index (χ0v) is 8.54. The largest absolute Gasteiger partial charge is 0.444 e. The van der Waals surface area contributed by atoms with Crippen molar-refractivity contribution in [2.75, 3.05) is 6.54 Å². The molecule has 1 fully saturated rings. The highest BCUT2D eigenvalue weighted by atomic mass is 16.6. The second kappa shape index (κ2) is 3.60. The predicted octanol–water partition coefficient (Wildman–Crippen LogP) is 1.51. The molecule has 0 spiro atoms. The van der Waals surface area contributed by atoms with Gasteiger partial charge in [-0.25, -0.2) is 4.79 Å². The van der Waals surface area contributed by atoms with Crippen LogP contribution >= 0.6 is 0 Å². The van der Waals surface area contributed by atoms with Crippen LogP contribution in [-0.2, 0) is 4.74 Å². The van der Waals surface area contributed by atoms with Crippen molar-refractivity contribution in [2.45, 2.75) is 45.2 Å². The highest BCUT2D eigenvalue weighted by molar-refractivity contribution is 6.13. The van der Waals surface area contributed by atoms with Crippen molar-refractivity contribution >= 4 is 13.9 Å². The van der Waals surface area contributed by atoms with E-state index >= 15 is 0 Å². The van der Waals surface area contributed by atoms with Gasteiger partial charge >= 0.3 is 6.09 Å². The van der Waals surface area contributed by atoms with Crippen LogP contribution in [0.1, 0.15) is 33.6 Å². The SMILES string of the molecule is [B]C1CCCN1C(=O)OC(C)(C)C. The van der Waals surface area contributed by atoms with E-state index in [9.17, 15) is 4.79 Å². The normalized spacial score (nSPS) is 23.3. The second-order valence-electron chi connectivity index (χ2n) is 4.38. The van der Waals surface area contributed by atoms with Crippen molar-refractivity contribution < 1.29 is 9.53 Å². The van der Waals surface area contributed by atoms with Crippen LogP contribution < -0.4 is 0 Å². The average molecular weight is 181 g/mol. The Morgan fingerprint density at radius 2 is 2.15 bits per heavy atom. The molecular weight excluding hydrogens is 165 g/mol. The first-order chi connectivity index (χ1) is 5.90. The number of carbonyl (C=O) groups excluding carboxylic acids is 1. The summed E-state index contributed by atoms with van der Waals surface area (Å²) in [4.78, 5) is 13.1. The molecule has 1 unspecified atom stereocenters. The number of nitrogens with zero attached hydrogens (tertiary/aromatic N) is 1. The number of carbonyl (C=O) groups is 1. The van der Waals surface area contributed by atoms with Crippen LogP contribution in [0.5, 0.6) is 0 Å². The van der Waals surface area contributed by atoms with Crippen molar-refractivity contribution in [3.05, 3.63) is 0 Å². The van der Waals surface area contributed by atoms with Crippen LogP contribution in [0.25, 0.3) is 0 Å². The molecule has 1 rings (SSSR count). The van der Waals surface area contributed by atoms with Crippen LogP contribution in [-0.4, -0.2) is 36.9 Å². The second-order valence-corrected chi connectivity index (χ2v) is 4.38. The maximum Gasteiger partial charge on any atom is 0.409 e. The van der Waals surface area contributed by atoms with Crippen LogP contribution in [0.2, 0.25) is 0 Å². The van der Waals surface area contributed by atoms with Gasteiger partial charge in [0.15, 0.2) is 0 Å². The van der Waals surface area contributed by atoms with Crippen molar-refractivity contribution in [3.63, 3.8) is 0 Å². The Labute approximate surface area is 80.8 Å². The number of amides is 1. The maximum absolute atomic E-state index is 11.5. The molecule has 1 amide bonds. The molecule has 0 saturated carbocycles. The number of hydrogen-bond acceptors (Lipinski definition) is 2. The lowest BCUT2D eigenvalue weighted by atomic mass is 9.94. The smallest absolute Gasteiger partial charge is 0.409 e. The third-order valence-corrected chi connectivity index (χ3v) is 1.93. The Balaban J connectivity index is 2.48. The van der Waals surface area contributed by atoms with Crippen LogP contribution in [0, 0.1) is 0 Å². The molecule has 1 aliphatic heterocycles. The summed E-state index contributed by atoms with van der Waals surface area (Å²) in [5.41, 5.74) is -0.431. The van der Waals surface area contributed by atoms with E-state index in [-0.39, 0.29) is 12.0 Å². The van der Waals surface area contributed by atoms with Gasteiger partial charge in [0.1, 0.15) is 5.60 Å². The van der Waals surface area contributed by atoms with Gasteiger partial charge in [-0.3, -0.25) is 0 Å². The van der Waals surface area contributed by atoms with Gasteiger partial charge in [-0.1, -0.05) is 0 Å². The fraction of sp³-hybridized carbons (Fsp3) is 0.889. The number of hydrogen-bond donors (Lipinski definition) is 0. The Morgan fingerprint density at radius 1 is 1.54 bits per heavy atom. The zero-order valence-electron chi connectivity index (χ0n) is 8.54. The Hall–Kier alpha value is -0.665. The molecule has 13 heavy (non-hydrogen) atoms. The third kappa shape index (κ3) is 2.94. The third-order valence-electron chi connectivity index (χ3n) is 1.93. The summed E-state index contributed by atoms with van der Waals surface area (Å²) < 4.78 is 5.20. The van der Waals surface area contributed by atoms with Gasteiger partial charge in [-0.15, -0.1) is 0 Å². The van der Waals surface area contributed by atoms with Crippen molar-refractivity contribution in [1.29, 1.82) is 0 Å². The van der Waals surface area contributed by atoms with Gasteiger partial charge in [0, 0.05) is 6.54 Å². The quantitative estimate of drug-likeness (QED) is 0.530. The standard InChI is InChI=1S/C9H16BNO2/c1-9(2,3)13-8(12)11-6-4-5-7(11)10/h7H,4-6H2,1-3H3. The van der Waals surface area contributed by atoms with E-state index < -0.39 is 5.60 Å². The molecular formula is C9H16BNO2. The van der Waals surface area contributed by atoms with E-state index in [1.165, 1.54) is 0 Å². The number of ether oxygens (including phenoxy) is 1. The Bertz CT molecular complexity index is 200. The summed E-state index contributed by atoms with van der Waals surface area (Å²) in [6.07, 6.45) is 1.55. The summed E-state index contributed by atoms with van der Waals surface area (Å²) in [7, 11) is 5.72. The summed E-state index contributed by atoms with van der Waals surface area (Å²) in [6, 6.07) is 0. The fourth-order valence-electron chi connectivity index (χ4n) is 1.34. The lowest BCUT2D eigenvalue weighted by Gasteiger charge is -2.27. The molecule has 0 N–H and O–H groups in total. The first-order valence-corrected chi connectivity index (χ1v) is 4.65. The Kier molecular flexibility index (Phi) is 2.89. The number of rotatable bonds is 0. The van der Waals surface area contributed by atoms with E-state index in [4.69, 9.17) is 12.6 Å². The minimum atomic E-state index is -0.431. The van der Waals surface area contributed by atoms with E-state index in [2.05, 4.69) is 0 Å². The molecule has 0 aromatic rings. The zero-order chi connectivity index (χ0) is 10.1. The van der Waals surface area contributed by atoms with Crippen LogP contribution in [0.3, 0.4) is 0 Å². The van der Waals surface area contributed by atoms with Crippen molar-refractivity contribution in [3.8, 4) is 0 Å². The fourth-order valence-corrected chi connectivity index (χ4v) is 1.34. The minimum absolute atomic E-state index is 0.158. The van der Waals surface area contributed by atoms with Gasteiger partial charge < -0.3 is 9.64 Å². The molecule has 4 heteroatoms. The lowest BCUT2D eigenvalue weighted by Crippen LogP contribution is -2.39. The van der Waals surface area contributed by atoms with Crippen LogP contribution in [0.15, 0.2) is 0 Å². The van der Waals surface area contributed by atoms with Gasteiger partial charge in [0.25, 0.3) is 0 Å². The molecule has 0 aromatic heterocycles. The molecule has 2 radical (unpaired) electrons. The van der Waals surface area contributed by atoms with Gasteiger partial charge in [0.2, 0.25) is 0 Å². The summed E-state index contributed by atoms with van der Waals surface area (Å²) in [5.74, 6) is -0.158. The highest BCUT2D eigenvalue weighted by Crippen LogP contribution is 2.18. The van der Waals surface area contributed by atoms with Crippen molar-refractivity contribution in [1.82, 2.24) is 4.90 Å². The first-order valence-electron chi connectivity index (χ1n) is 4.65. The van der Waals surface area contributed by atoms with E-state index in [0.717, 1.165) is 19.4 Å². The summed E-state index contributed by atoms with van der Waals surface area (Å²) in [6.45, 7) is 6.28. The molecule has 72 valence electrons. The topological polar surface area (TPSA) is 29.5 Å². The van der Waals surface area contributed by atoms with Gasteiger partial charge in [-0.2, -0.15) is 0 Å². The summed E-state index contributed by atoms with van der Waals surface area (Å²) in [5, 5.41) is 0. The number of likely N-dealkylation sites (tertiary alicyclic amines) is 1. The molecule has 0 bridgehead atoms. The highest BCUT2D eigenvalue weighted by Gasteiger charge is 2.28. The molecule has 3 nitrogen and oxygen atoms in total. The minimum Gasteiger partial charge on any atom is -0.444 e. The Morgan fingerprint density at radius 3 is 2.54 bits per heavy atom. The average Bonchev–Trinajstić information content (AvgIpc) is 2.30. The molecule has 0 aliphatic carbocycles. The predicted molar refractivity (Wildman–Crippen MR) is 51.7 cm³/mol. The molecule has 1 heterocycles. The van der Waals surface area contributed by atoms with Gasteiger partial charge in [0.05, 0.1) is 7.85 Å². The monoisotopic (exact) mass is 181 g/mol. The van der Waals surface area contributed by atoms with Crippen LogP contribution in [0.4, 0.5) is 4.79 Å². The molecule has 1 atom stereocenters. The van der Waals surface area contributed by atoms with E-state index in [0.29, 0.717) is 0 Å². The molecule has 0 aromatic carbocycles. The lowest BCUT2D eigenvalue weighted by molar-refractivity contribution is 0.0273. The molecule has 1 aliphatic rings. The van der Waals surface area contributed by atoms with E-state index in [1.807, 2.05) is 20.8 Å². The van der Waals surface area contributed by atoms with E-state index in [1.54, 1.807) is 4.90 Å². The van der Waals surface area contributed by atoms with Crippen molar-refractivity contribution in [2.24, 2.45) is 0 Å². The molecule has 1 saturated heterocycles. The summed E-state index contributed by atoms with van der Waals surface area (Å²) >= 11 is 0.